The molecule has 5 aliphatic heterocycles. The Labute approximate surface area is 333 Å². The molecule has 0 aromatic carbocycles. The van der Waals surface area contributed by atoms with Crippen LogP contribution in [0.4, 0.5) is 0 Å². The molecule has 1 aromatic heterocycles. The predicted octanol–water partition coefficient (Wildman–Crippen LogP) is 1.76. The summed E-state index contributed by atoms with van der Waals surface area (Å²) in [5.74, 6) is 2.26. The number of nitrogens with one attached hydrogen (secondary N) is 8. The number of hydrogen-bond donors (Lipinski definition) is 9. The summed E-state index contributed by atoms with van der Waals surface area (Å²) in [5.41, 5.74) is 0.364. The van der Waals surface area contributed by atoms with Crippen molar-refractivity contribution in [2.24, 2.45) is 52.5 Å². The van der Waals surface area contributed by atoms with Crippen LogP contribution in [0.15, 0.2) is 0 Å². The predicted molar refractivity (Wildman–Crippen MR) is 197 cm³/mol. The number of aromatic nitrogens is 3. The summed E-state index contributed by atoms with van der Waals surface area (Å²) in [5, 5.41) is 50.1. The molecule has 18 atom stereocenters. The van der Waals surface area contributed by atoms with Crippen LogP contribution in [0.2, 0.25) is 10.2 Å². The van der Waals surface area contributed by atoms with Crippen molar-refractivity contribution >= 4 is 33.2 Å². The molecular weight excluding hydrogens is 787 g/mol. The third kappa shape index (κ3) is 6.73. The third-order valence-electron chi connectivity index (χ3n) is 15.4. The number of sulfonamides is 1. The molecule has 4 saturated carbocycles. The number of hydrogen-bond acceptors (Lipinski definition) is 13. The van der Waals surface area contributed by atoms with Gasteiger partial charge in [0.15, 0.2) is 5.15 Å². The van der Waals surface area contributed by atoms with Gasteiger partial charge in [-0.3, -0.25) is 42.5 Å². The van der Waals surface area contributed by atoms with E-state index in [0.29, 0.717) is 47.6 Å². The second-order valence-corrected chi connectivity index (χ2v) is 20.2. The first-order chi connectivity index (χ1) is 25.2. The standard InChI is InChI=1S/C35H56Cl2N12O2S.Cu/c36-24-25(47-49-48-27(24)37)22-14-13-21-23(26(22)52(38,50)51)35-45-33-20-12-6-5-11-19(20)31(43-33)41-29-16-8-2-1-7-15(16)28(39-29)40-30-17-9-3-4-10-18(17)32(42-30)44-34(21)46-35;/h15-23,26,28-35,39-46H,1-14H2,(H2,38,50,51);. The van der Waals surface area contributed by atoms with E-state index in [1.165, 1.54) is 70.6 Å². The Kier molecular flexibility index (Phi) is 10.9. The molecule has 1 aromatic rings. The van der Waals surface area contributed by atoms with Crippen LogP contribution >= 0.6 is 23.2 Å². The van der Waals surface area contributed by atoms with Crippen molar-refractivity contribution in [3.05, 3.63) is 15.9 Å². The molecule has 299 valence electrons. The van der Waals surface area contributed by atoms with E-state index in [1.54, 1.807) is 0 Å². The van der Waals surface area contributed by atoms with Crippen molar-refractivity contribution in [3.63, 3.8) is 0 Å². The molecule has 8 bridgehead atoms. The molecule has 18 heteroatoms. The SMILES string of the molecule is NS(=O)(=O)C1C(c2nnnc(Cl)c2Cl)CCC2C3NC4NC(NC5NC(NC6NC(NC(N3)C21)C1CCCCC61)C1CCCCC51)C1CCCCC41.[Cu]. The average molecular weight is 843 g/mol. The molecule has 10 rings (SSSR count). The molecule has 6 heterocycles. The third-order valence-corrected chi connectivity index (χ3v) is 17.5. The maximum atomic E-state index is 13.9. The number of nitrogens with two attached hydrogens (primary N) is 1. The molecule has 0 amide bonds. The quantitative estimate of drug-likeness (QED) is 0.196. The van der Waals surface area contributed by atoms with Crippen LogP contribution in [-0.4, -0.2) is 78.4 Å². The molecule has 14 nitrogen and oxygen atoms in total. The van der Waals surface area contributed by atoms with Crippen molar-refractivity contribution < 1.29 is 25.5 Å². The Morgan fingerprint density at radius 3 is 1.25 bits per heavy atom. The van der Waals surface area contributed by atoms with Gasteiger partial charge in [0.2, 0.25) is 10.0 Å². The maximum Gasteiger partial charge on any atom is 0.213 e. The van der Waals surface area contributed by atoms with Gasteiger partial charge < -0.3 is 0 Å². The second kappa shape index (κ2) is 15.1. The number of nitrogens with zero attached hydrogens (tertiary/aromatic N) is 3. The Balaban J connectivity index is 0.00000372. The zero-order valence-electron chi connectivity index (χ0n) is 30.0. The van der Waals surface area contributed by atoms with Crippen molar-refractivity contribution in [2.45, 2.75) is 150 Å². The van der Waals surface area contributed by atoms with Crippen LogP contribution in [0, 0.1) is 47.3 Å². The molecule has 5 saturated heterocycles. The van der Waals surface area contributed by atoms with Crippen molar-refractivity contribution in [1.82, 2.24) is 57.9 Å². The van der Waals surface area contributed by atoms with Gasteiger partial charge >= 0.3 is 0 Å². The fraction of sp³-hybridized carbons (Fsp3) is 0.914. The Morgan fingerprint density at radius 1 is 0.509 bits per heavy atom. The normalized spacial score (nSPS) is 49.3. The summed E-state index contributed by atoms with van der Waals surface area (Å²) >= 11 is 13.0. The summed E-state index contributed by atoms with van der Waals surface area (Å²) in [6, 6.07) is 0. The minimum absolute atomic E-state index is 0. The van der Waals surface area contributed by atoms with Crippen LogP contribution in [0.5, 0.6) is 0 Å². The van der Waals surface area contributed by atoms with E-state index in [9.17, 15) is 8.42 Å². The van der Waals surface area contributed by atoms with Crippen molar-refractivity contribution in [2.75, 3.05) is 0 Å². The monoisotopic (exact) mass is 841 g/mol. The summed E-state index contributed by atoms with van der Waals surface area (Å²) in [7, 11) is -4.07. The van der Waals surface area contributed by atoms with Crippen LogP contribution < -0.4 is 47.7 Å². The van der Waals surface area contributed by atoms with E-state index < -0.39 is 21.2 Å². The van der Waals surface area contributed by atoms with Crippen molar-refractivity contribution in [1.29, 1.82) is 0 Å². The topological polar surface area (TPSA) is 195 Å². The van der Waals surface area contributed by atoms with Gasteiger partial charge in [-0.05, 0) is 98.0 Å². The molecule has 9 fully saturated rings. The van der Waals surface area contributed by atoms with E-state index in [1.807, 2.05) is 0 Å². The maximum absolute atomic E-state index is 13.9. The van der Waals surface area contributed by atoms with Gasteiger partial charge in [-0.25, -0.2) is 13.6 Å². The largest absolute Gasteiger partial charge is 0.286 e. The van der Waals surface area contributed by atoms with E-state index in [2.05, 4.69) is 57.9 Å². The average Bonchev–Trinajstić information content (AvgIpc) is 3.88. The number of rotatable bonds is 2. The Morgan fingerprint density at radius 2 is 0.868 bits per heavy atom. The van der Waals surface area contributed by atoms with Crippen molar-refractivity contribution in [3.8, 4) is 0 Å². The molecule has 53 heavy (non-hydrogen) atoms. The van der Waals surface area contributed by atoms with Gasteiger partial charge in [-0.2, -0.15) is 0 Å². The molecule has 18 unspecified atom stereocenters. The first kappa shape index (κ1) is 38.2. The Hall–Kier alpha value is -0.301. The fourth-order valence-electron chi connectivity index (χ4n) is 13.3. The van der Waals surface area contributed by atoms with Gasteiger partial charge in [0, 0.05) is 28.9 Å². The minimum atomic E-state index is -4.07. The summed E-state index contributed by atoms with van der Waals surface area (Å²) in [4.78, 5) is 0. The second-order valence-electron chi connectivity index (χ2n) is 17.7. The number of fused-ring (bicyclic) bond motifs is 20. The summed E-state index contributed by atoms with van der Waals surface area (Å²) in [6.07, 6.45) is 16.7. The van der Waals surface area contributed by atoms with Crippen LogP contribution in [0.25, 0.3) is 0 Å². The first-order valence-corrected chi connectivity index (χ1v) is 22.7. The summed E-state index contributed by atoms with van der Waals surface area (Å²) < 4.78 is 27.8. The molecule has 1 radical (unpaired) electrons. The molecule has 9 aliphatic rings. The van der Waals surface area contributed by atoms with Gasteiger partial charge in [-0.15, -0.1) is 10.2 Å². The van der Waals surface area contributed by atoms with Crippen LogP contribution in [-0.2, 0) is 27.1 Å². The Bertz CT molecular complexity index is 1620. The van der Waals surface area contributed by atoms with Crippen LogP contribution in [0.3, 0.4) is 0 Å². The van der Waals surface area contributed by atoms with E-state index in [-0.39, 0.29) is 88.4 Å². The molecule has 10 N–H and O–H groups in total. The number of primary sulfonamides is 1. The van der Waals surface area contributed by atoms with E-state index >= 15 is 0 Å². The number of halogens is 2. The van der Waals surface area contributed by atoms with E-state index in [4.69, 9.17) is 28.3 Å². The zero-order chi connectivity index (χ0) is 35.3. The first-order valence-electron chi connectivity index (χ1n) is 20.4. The van der Waals surface area contributed by atoms with Crippen LogP contribution in [0.1, 0.15) is 102 Å². The van der Waals surface area contributed by atoms with E-state index in [0.717, 1.165) is 12.8 Å². The summed E-state index contributed by atoms with van der Waals surface area (Å²) in [6.45, 7) is 0. The molecule has 4 aliphatic carbocycles. The minimum Gasteiger partial charge on any atom is -0.286 e. The van der Waals surface area contributed by atoms with Gasteiger partial charge in [0.25, 0.3) is 0 Å². The fourth-order valence-corrected chi connectivity index (χ4v) is 15.1. The molecular formula is C35H56Cl2CuN12O2S. The smallest absolute Gasteiger partial charge is 0.213 e. The molecule has 0 spiro atoms. The van der Waals surface area contributed by atoms with Gasteiger partial charge in [0.1, 0.15) is 5.02 Å². The van der Waals surface area contributed by atoms with Gasteiger partial charge in [-0.1, -0.05) is 61.7 Å². The zero-order valence-corrected chi connectivity index (χ0v) is 33.3. The van der Waals surface area contributed by atoms with Gasteiger partial charge in [0.05, 0.1) is 60.3 Å².